The van der Waals surface area contributed by atoms with Gasteiger partial charge in [0.2, 0.25) is 5.91 Å². The molecule has 1 aromatic carbocycles. The molecule has 0 radical (unpaired) electrons. The summed E-state index contributed by atoms with van der Waals surface area (Å²) in [5.74, 6) is -0.935. The summed E-state index contributed by atoms with van der Waals surface area (Å²) in [4.78, 5) is 39.8. The van der Waals surface area contributed by atoms with Gasteiger partial charge in [-0.2, -0.15) is 5.10 Å². The van der Waals surface area contributed by atoms with Crippen molar-refractivity contribution in [2.45, 2.75) is 12.5 Å². The van der Waals surface area contributed by atoms with Crippen molar-refractivity contribution in [2.24, 2.45) is 12.8 Å². The molecule has 0 spiro atoms. The maximum Gasteiger partial charge on any atom is 0.275 e. The van der Waals surface area contributed by atoms with Crippen LogP contribution in [0.25, 0.3) is 0 Å². The Balaban J connectivity index is 1.68. The van der Waals surface area contributed by atoms with E-state index in [1.807, 2.05) is 18.2 Å². The zero-order valence-electron chi connectivity index (χ0n) is 15.2. The predicted octanol–water partition coefficient (Wildman–Crippen LogP) is -0.365. The summed E-state index contributed by atoms with van der Waals surface area (Å²) < 4.78 is 1.10. The normalized spacial score (nSPS) is 17.7. The topological polar surface area (TPSA) is 102 Å². The van der Waals surface area contributed by atoms with Gasteiger partial charge in [-0.3, -0.25) is 19.3 Å². The molecule has 1 saturated heterocycles. The number of benzene rings is 1. The molecule has 0 bridgehead atoms. The Hall–Kier alpha value is -3.00. The molecule has 2 N–H and O–H groups in total. The van der Waals surface area contributed by atoms with Gasteiger partial charge in [-0.25, -0.2) is 4.68 Å². The van der Waals surface area contributed by atoms with Crippen molar-refractivity contribution in [1.29, 1.82) is 0 Å². The van der Waals surface area contributed by atoms with Gasteiger partial charge in [0, 0.05) is 39.3 Å². The number of primary amides is 1. The Morgan fingerprint density at radius 2 is 1.89 bits per heavy atom. The van der Waals surface area contributed by atoms with Gasteiger partial charge in [-0.15, -0.1) is 0 Å². The highest BCUT2D eigenvalue weighted by Gasteiger charge is 2.35. The molecule has 1 fully saturated rings. The van der Waals surface area contributed by atoms with Gasteiger partial charge in [0.15, 0.2) is 0 Å². The zero-order valence-corrected chi connectivity index (χ0v) is 15.2. The highest BCUT2D eigenvalue weighted by molar-refractivity contribution is 5.96. The van der Waals surface area contributed by atoms with Crippen LogP contribution in [-0.2, 0) is 18.3 Å². The lowest BCUT2D eigenvalue weighted by molar-refractivity contribution is -0.124. The second-order valence-corrected chi connectivity index (χ2v) is 6.63. The van der Waals surface area contributed by atoms with E-state index >= 15 is 0 Å². The van der Waals surface area contributed by atoms with Crippen molar-refractivity contribution in [1.82, 2.24) is 19.6 Å². The highest BCUT2D eigenvalue weighted by Crippen LogP contribution is 2.14. The molecule has 1 aromatic heterocycles. The van der Waals surface area contributed by atoms with Crippen LogP contribution in [0.2, 0.25) is 0 Å². The van der Waals surface area contributed by atoms with E-state index in [1.165, 1.54) is 29.6 Å². The number of amides is 2. The maximum atomic E-state index is 12.8. The average molecular weight is 369 g/mol. The molecule has 1 aliphatic rings. The fraction of sp³-hybridized carbons (Fsp3) is 0.368. The van der Waals surface area contributed by atoms with Crippen LogP contribution in [0.4, 0.5) is 0 Å². The number of nitrogens with zero attached hydrogens (tertiary/aromatic N) is 4. The van der Waals surface area contributed by atoms with E-state index in [0.717, 1.165) is 17.6 Å². The molecule has 0 aliphatic carbocycles. The monoisotopic (exact) mass is 369 g/mol. The van der Waals surface area contributed by atoms with Gasteiger partial charge in [-0.05, 0) is 18.1 Å². The fourth-order valence-electron chi connectivity index (χ4n) is 3.22. The molecule has 1 unspecified atom stereocenters. The number of carbonyl (C=O) groups excluding carboxylic acids is 2. The minimum atomic E-state index is -0.721. The van der Waals surface area contributed by atoms with Crippen molar-refractivity contribution < 1.29 is 9.59 Å². The van der Waals surface area contributed by atoms with Gasteiger partial charge in [0.05, 0.1) is 0 Å². The van der Waals surface area contributed by atoms with E-state index in [4.69, 9.17) is 5.73 Å². The maximum absolute atomic E-state index is 12.8. The molecule has 2 aromatic rings. The van der Waals surface area contributed by atoms with E-state index in [-0.39, 0.29) is 11.3 Å². The molecular formula is C19H23N5O3. The third-order valence-electron chi connectivity index (χ3n) is 4.79. The first-order valence-corrected chi connectivity index (χ1v) is 8.86. The fourth-order valence-corrected chi connectivity index (χ4v) is 3.22. The van der Waals surface area contributed by atoms with Crippen LogP contribution in [0, 0.1) is 0 Å². The Kier molecular flexibility index (Phi) is 5.66. The molecule has 1 aliphatic heterocycles. The van der Waals surface area contributed by atoms with Crippen molar-refractivity contribution in [3.63, 3.8) is 0 Å². The second kappa shape index (κ2) is 8.13. The summed E-state index contributed by atoms with van der Waals surface area (Å²) in [5, 5.41) is 3.98. The van der Waals surface area contributed by atoms with Crippen molar-refractivity contribution in [3.8, 4) is 0 Å². The third-order valence-corrected chi connectivity index (χ3v) is 4.79. The van der Waals surface area contributed by atoms with Crippen molar-refractivity contribution in [3.05, 3.63) is 64.1 Å². The molecule has 2 heterocycles. The van der Waals surface area contributed by atoms with Gasteiger partial charge in [0.25, 0.3) is 11.5 Å². The van der Waals surface area contributed by atoms with E-state index in [9.17, 15) is 14.4 Å². The van der Waals surface area contributed by atoms with Crippen LogP contribution in [0.1, 0.15) is 16.1 Å². The first-order chi connectivity index (χ1) is 13.0. The van der Waals surface area contributed by atoms with Crippen LogP contribution in [0.5, 0.6) is 0 Å². The van der Waals surface area contributed by atoms with Crippen molar-refractivity contribution in [2.75, 3.05) is 26.2 Å². The van der Waals surface area contributed by atoms with E-state index in [1.54, 1.807) is 0 Å². The largest absolute Gasteiger partial charge is 0.368 e. The first kappa shape index (κ1) is 18.8. The Morgan fingerprint density at radius 3 is 2.56 bits per heavy atom. The van der Waals surface area contributed by atoms with Crippen LogP contribution in [0.3, 0.4) is 0 Å². The summed E-state index contributed by atoms with van der Waals surface area (Å²) in [5.41, 5.74) is 6.61. The van der Waals surface area contributed by atoms with Crippen LogP contribution >= 0.6 is 0 Å². The zero-order chi connectivity index (χ0) is 19.4. The average Bonchev–Trinajstić information content (AvgIpc) is 2.68. The van der Waals surface area contributed by atoms with Gasteiger partial charge in [0.1, 0.15) is 11.7 Å². The number of aromatic nitrogens is 2. The molecule has 8 nitrogen and oxygen atoms in total. The number of hydrogen-bond acceptors (Lipinski definition) is 5. The Morgan fingerprint density at radius 1 is 1.15 bits per heavy atom. The minimum absolute atomic E-state index is 0.126. The lowest BCUT2D eigenvalue weighted by atomic mass is 10.1. The summed E-state index contributed by atoms with van der Waals surface area (Å²) in [6.07, 6.45) is 0.864. The third kappa shape index (κ3) is 4.40. The molecule has 2 amide bonds. The van der Waals surface area contributed by atoms with Crippen molar-refractivity contribution >= 4 is 11.8 Å². The molecule has 0 saturated carbocycles. The summed E-state index contributed by atoms with van der Waals surface area (Å²) >= 11 is 0. The quantitative estimate of drug-likeness (QED) is 0.775. The lowest BCUT2D eigenvalue weighted by Gasteiger charge is -2.39. The van der Waals surface area contributed by atoms with Crippen LogP contribution in [-0.4, -0.2) is 63.6 Å². The summed E-state index contributed by atoms with van der Waals surface area (Å²) in [6.45, 7) is 2.20. The minimum Gasteiger partial charge on any atom is -0.368 e. The molecule has 8 heteroatoms. The first-order valence-electron chi connectivity index (χ1n) is 8.86. The summed E-state index contributed by atoms with van der Waals surface area (Å²) in [7, 11) is 1.48. The highest BCUT2D eigenvalue weighted by atomic mass is 16.2. The van der Waals surface area contributed by atoms with Crippen LogP contribution in [0.15, 0.2) is 47.3 Å². The standard InChI is InChI=1S/C19H23N5O3/c1-22-17(25)8-7-15(21-22)19(27)24-12-11-23(13-16(24)18(20)26)10-9-14-5-3-2-4-6-14/h2-8,16H,9-13H2,1H3,(H2,20,26). The van der Waals surface area contributed by atoms with E-state index in [2.05, 4.69) is 22.1 Å². The molecule has 1 atom stereocenters. The Bertz CT molecular complexity index is 880. The number of rotatable bonds is 5. The number of carbonyl (C=O) groups is 2. The molecule has 27 heavy (non-hydrogen) atoms. The summed E-state index contributed by atoms with van der Waals surface area (Å²) in [6, 6.07) is 12.1. The van der Waals surface area contributed by atoms with E-state index < -0.39 is 17.9 Å². The lowest BCUT2D eigenvalue weighted by Crippen LogP contribution is -2.60. The SMILES string of the molecule is Cn1nc(C(=O)N2CCN(CCc3ccccc3)CC2C(N)=O)ccc1=O. The number of nitrogens with two attached hydrogens (primary N) is 1. The second-order valence-electron chi connectivity index (χ2n) is 6.63. The molecule has 3 rings (SSSR count). The predicted molar refractivity (Wildman–Crippen MR) is 100 cm³/mol. The van der Waals surface area contributed by atoms with E-state index in [0.29, 0.717) is 19.6 Å². The number of aryl methyl sites for hydroxylation is 1. The van der Waals surface area contributed by atoms with Crippen LogP contribution < -0.4 is 11.3 Å². The molecular weight excluding hydrogens is 346 g/mol. The van der Waals surface area contributed by atoms with Gasteiger partial charge < -0.3 is 10.6 Å². The van der Waals surface area contributed by atoms with Gasteiger partial charge in [-0.1, -0.05) is 30.3 Å². The number of piperazine rings is 1. The molecule has 142 valence electrons. The smallest absolute Gasteiger partial charge is 0.275 e. The Labute approximate surface area is 157 Å². The van der Waals surface area contributed by atoms with Gasteiger partial charge >= 0.3 is 0 Å². The number of hydrogen-bond donors (Lipinski definition) is 1.